The van der Waals surface area contributed by atoms with Crippen molar-refractivity contribution in [3.63, 3.8) is 0 Å². The largest absolute Gasteiger partial charge is 0.465 e. The fourth-order valence-electron chi connectivity index (χ4n) is 2.07. The van der Waals surface area contributed by atoms with Gasteiger partial charge in [-0.15, -0.1) is 9.78 Å². The molecule has 0 aliphatic rings. The Bertz CT molecular complexity index is 1050. The molecule has 12 nitrogen and oxygen atoms in total. The molecule has 1 amide bonds. The van der Waals surface area contributed by atoms with E-state index in [-0.39, 0.29) is 22.9 Å². The normalized spacial score (nSPS) is 12.3. The Kier molecular flexibility index (Phi) is 6.20. The van der Waals surface area contributed by atoms with Crippen LogP contribution in [-0.4, -0.2) is 59.7 Å². The van der Waals surface area contributed by atoms with Crippen LogP contribution in [0.1, 0.15) is 17.3 Å². The topological polar surface area (TPSA) is 159 Å². The van der Waals surface area contributed by atoms with E-state index in [9.17, 15) is 27.9 Å². The summed E-state index contributed by atoms with van der Waals surface area (Å²) in [6.45, 7) is 1.24. The summed E-state index contributed by atoms with van der Waals surface area (Å²) in [7, 11) is -2.21. The van der Waals surface area contributed by atoms with Gasteiger partial charge in [-0.25, -0.2) is 32.1 Å². The highest BCUT2D eigenvalue weighted by atomic mass is 32.2. The van der Waals surface area contributed by atoms with Gasteiger partial charge in [0.2, 0.25) is 0 Å². The third-order valence-corrected chi connectivity index (χ3v) is 4.77. The van der Waals surface area contributed by atoms with Crippen molar-refractivity contribution in [1.29, 1.82) is 0 Å². The first-order chi connectivity index (χ1) is 13.1. The molecule has 2 aromatic rings. The fraction of sp³-hybridized carbons (Fsp3) is 0.333. The van der Waals surface area contributed by atoms with Crippen LogP contribution >= 0.6 is 0 Å². The van der Waals surface area contributed by atoms with E-state index in [0.717, 1.165) is 17.7 Å². The molecule has 0 unspecified atom stereocenters. The number of benzene rings is 1. The van der Waals surface area contributed by atoms with Gasteiger partial charge in [0, 0.05) is 7.05 Å². The summed E-state index contributed by atoms with van der Waals surface area (Å²) in [4.78, 5) is 35.6. The maximum absolute atomic E-state index is 12.5. The van der Waals surface area contributed by atoms with Crippen LogP contribution in [0.4, 0.5) is 4.79 Å². The highest BCUT2D eigenvalue weighted by Gasteiger charge is 2.27. The van der Waals surface area contributed by atoms with Gasteiger partial charge in [-0.1, -0.05) is 12.1 Å². The lowest BCUT2D eigenvalue weighted by atomic mass is 10.2. The van der Waals surface area contributed by atoms with Crippen molar-refractivity contribution in [1.82, 2.24) is 19.1 Å². The van der Waals surface area contributed by atoms with Crippen LogP contribution < -0.4 is 15.1 Å². The summed E-state index contributed by atoms with van der Waals surface area (Å²) in [5.41, 5.74) is -1.27. The molecular formula is C15H18N4O8S. The number of methoxy groups -OCH3 is 1. The van der Waals surface area contributed by atoms with Crippen LogP contribution in [0.5, 0.6) is 6.01 Å². The number of carbonyl (C=O) groups excluding carboxylic acids is 2. The van der Waals surface area contributed by atoms with Crippen LogP contribution in [0.25, 0.3) is 0 Å². The Morgan fingerprint density at radius 1 is 1.32 bits per heavy atom. The van der Waals surface area contributed by atoms with Crippen LogP contribution in [0, 0.1) is 0 Å². The molecule has 0 fully saturated rings. The smallest absolute Gasteiger partial charge is 0.360 e. The van der Waals surface area contributed by atoms with Gasteiger partial charge in [0.15, 0.2) is 0 Å². The van der Waals surface area contributed by atoms with Gasteiger partial charge in [0.1, 0.15) is 11.5 Å². The quantitative estimate of drug-likeness (QED) is 0.570. The van der Waals surface area contributed by atoms with Crippen LogP contribution in [0.15, 0.2) is 34.0 Å². The Morgan fingerprint density at radius 2 is 1.96 bits per heavy atom. The number of aromatic nitrogens is 3. The molecular weight excluding hydrogens is 396 g/mol. The number of sulfonamides is 1. The number of hydrogen-bond acceptors (Lipinski definition) is 9. The molecule has 2 N–H and O–H groups in total. The van der Waals surface area contributed by atoms with Crippen molar-refractivity contribution >= 4 is 22.0 Å². The zero-order chi connectivity index (χ0) is 21.1. The van der Waals surface area contributed by atoms with E-state index >= 15 is 0 Å². The average molecular weight is 414 g/mol. The van der Waals surface area contributed by atoms with E-state index in [1.54, 1.807) is 4.72 Å². The lowest BCUT2D eigenvalue weighted by molar-refractivity contribution is 0.0596. The summed E-state index contributed by atoms with van der Waals surface area (Å²) in [5, 5.41) is 12.8. The number of ether oxygens (including phenoxy) is 2. The third kappa shape index (κ3) is 4.37. The molecule has 1 aromatic carbocycles. The SMILES string of the molecule is COC(=O)c1ccccc1S(=O)(=O)NC(=O)n1nc(OC[C@H](C)O)n(C)c1=O. The molecule has 0 aliphatic carbocycles. The summed E-state index contributed by atoms with van der Waals surface area (Å²) < 4.78 is 37.4. The molecule has 0 aliphatic heterocycles. The van der Waals surface area contributed by atoms with Gasteiger partial charge >= 0.3 is 23.7 Å². The van der Waals surface area contributed by atoms with Crippen molar-refractivity contribution < 1.29 is 32.6 Å². The number of nitrogens with one attached hydrogen (secondary N) is 1. The monoisotopic (exact) mass is 414 g/mol. The molecule has 0 bridgehead atoms. The van der Waals surface area contributed by atoms with Gasteiger partial charge in [0.05, 0.1) is 18.8 Å². The molecule has 1 aromatic heterocycles. The fourth-order valence-corrected chi connectivity index (χ4v) is 3.19. The van der Waals surface area contributed by atoms with Crippen molar-refractivity contribution in [3.8, 4) is 6.01 Å². The first kappa shape index (κ1) is 21.1. The van der Waals surface area contributed by atoms with Crippen molar-refractivity contribution in [2.45, 2.75) is 17.9 Å². The zero-order valence-electron chi connectivity index (χ0n) is 15.1. The van der Waals surface area contributed by atoms with Gasteiger partial charge in [-0.05, 0) is 19.1 Å². The Balaban J connectivity index is 2.34. The lowest BCUT2D eigenvalue weighted by Crippen LogP contribution is -2.40. The Morgan fingerprint density at radius 3 is 2.57 bits per heavy atom. The second-order valence-corrected chi connectivity index (χ2v) is 7.25. The highest BCUT2D eigenvalue weighted by molar-refractivity contribution is 7.90. The van der Waals surface area contributed by atoms with E-state index in [0.29, 0.717) is 0 Å². The third-order valence-electron chi connectivity index (χ3n) is 3.39. The minimum absolute atomic E-state index is 0.198. The lowest BCUT2D eigenvalue weighted by Gasteiger charge is -2.09. The maximum Gasteiger partial charge on any atom is 0.360 e. The van der Waals surface area contributed by atoms with Crippen molar-refractivity contribution in [2.75, 3.05) is 13.7 Å². The van der Waals surface area contributed by atoms with E-state index < -0.39 is 38.7 Å². The second kappa shape index (κ2) is 8.22. The number of aliphatic hydroxyl groups excluding tert-OH is 1. The number of rotatable bonds is 6. The van der Waals surface area contributed by atoms with Gasteiger partial charge in [0.25, 0.3) is 10.0 Å². The molecule has 0 saturated carbocycles. The van der Waals surface area contributed by atoms with Crippen LogP contribution in [0.3, 0.4) is 0 Å². The van der Waals surface area contributed by atoms with Crippen LogP contribution in [-0.2, 0) is 21.8 Å². The molecule has 2 rings (SSSR count). The minimum atomic E-state index is -4.53. The van der Waals surface area contributed by atoms with Gasteiger partial charge < -0.3 is 14.6 Å². The predicted octanol–water partition coefficient (Wildman–Crippen LogP) is -0.925. The number of carbonyl (C=O) groups is 2. The number of nitrogens with zero attached hydrogens (tertiary/aromatic N) is 3. The molecule has 0 radical (unpaired) electrons. The van der Waals surface area contributed by atoms with Gasteiger partial charge in [-0.2, -0.15) is 0 Å². The standard InChI is InChI=1S/C15H18N4O8S/c1-9(20)8-27-14-16-19(15(23)18(14)2)13(22)17-28(24,25)11-7-5-4-6-10(11)12(21)26-3/h4-7,9,20H,8H2,1-3H3,(H,17,22)/t9-/m0/s1. The number of esters is 1. The average Bonchev–Trinajstić information content (AvgIpc) is 2.93. The van der Waals surface area contributed by atoms with Crippen molar-refractivity contribution in [3.05, 3.63) is 40.3 Å². The number of amides is 1. The molecule has 0 spiro atoms. The zero-order valence-corrected chi connectivity index (χ0v) is 16.0. The first-order valence-electron chi connectivity index (χ1n) is 7.80. The molecule has 28 heavy (non-hydrogen) atoms. The van der Waals surface area contributed by atoms with E-state index in [2.05, 4.69) is 9.84 Å². The molecule has 1 atom stereocenters. The van der Waals surface area contributed by atoms with Crippen LogP contribution in [0.2, 0.25) is 0 Å². The van der Waals surface area contributed by atoms with Gasteiger partial charge in [-0.3, -0.25) is 0 Å². The summed E-state index contributed by atoms with van der Waals surface area (Å²) >= 11 is 0. The summed E-state index contributed by atoms with van der Waals surface area (Å²) in [6.07, 6.45) is -0.857. The minimum Gasteiger partial charge on any atom is -0.465 e. The summed E-state index contributed by atoms with van der Waals surface area (Å²) in [6, 6.07) is 3.39. The van der Waals surface area contributed by atoms with Crippen molar-refractivity contribution in [2.24, 2.45) is 7.05 Å². The Labute approximate surface area is 159 Å². The molecule has 13 heteroatoms. The number of hydrogen-bond donors (Lipinski definition) is 2. The van der Waals surface area contributed by atoms with E-state index in [1.807, 2.05) is 0 Å². The molecule has 1 heterocycles. The first-order valence-corrected chi connectivity index (χ1v) is 9.28. The maximum atomic E-state index is 12.5. The summed E-state index contributed by atoms with van der Waals surface area (Å²) in [5.74, 6) is -0.919. The van der Waals surface area contributed by atoms with E-state index in [4.69, 9.17) is 4.74 Å². The predicted molar refractivity (Wildman–Crippen MR) is 93.5 cm³/mol. The van der Waals surface area contributed by atoms with E-state index in [1.165, 1.54) is 32.2 Å². The highest BCUT2D eigenvalue weighted by Crippen LogP contribution is 2.16. The molecule has 152 valence electrons. The second-order valence-electron chi connectivity index (χ2n) is 5.59. The molecule has 0 saturated heterocycles. The number of aliphatic hydroxyl groups is 1. The Hall–Kier alpha value is -3.19.